The molecular formula is C11H12N2O3. The summed E-state index contributed by atoms with van der Waals surface area (Å²) < 4.78 is 9.44. The fraction of sp³-hybridized carbons (Fsp3) is 0.273. The van der Waals surface area contributed by atoms with E-state index in [2.05, 4.69) is 21.6 Å². The van der Waals surface area contributed by atoms with Crippen LogP contribution in [0.25, 0.3) is 0 Å². The van der Waals surface area contributed by atoms with Crippen LogP contribution in [0.3, 0.4) is 0 Å². The van der Waals surface area contributed by atoms with Gasteiger partial charge in [-0.25, -0.2) is 4.98 Å². The summed E-state index contributed by atoms with van der Waals surface area (Å²) >= 11 is 0. The van der Waals surface area contributed by atoms with E-state index in [1.54, 1.807) is 6.07 Å². The summed E-state index contributed by atoms with van der Waals surface area (Å²) in [5, 5.41) is 0. The number of carbonyl (C=O) groups is 1. The summed E-state index contributed by atoms with van der Waals surface area (Å²) in [7, 11) is 2.82. The monoisotopic (exact) mass is 220 g/mol. The molecule has 5 heteroatoms. The van der Waals surface area contributed by atoms with Crippen LogP contribution in [0, 0.1) is 11.8 Å². The topological polar surface area (TPSA) is 74.4 Å². The molecule has 16 heavy (non-hydrogen) atoms. The number of hydrogen-bond donors (Lipinski definition) is 1. The second-order valence-electron chi connectivity index (χ2n) is 2.87. The van der Waals surface area contributed by atoms with Gasteiger partial charge in [0.2, 0.25) is 0 Å². The maximum Gasteiger partial charge on any atom is 0.317 e. The molecule has 1 rings (SSSR count). The average Bonchev–Trinajstić information content (AvgIpc) is 2.31. The van der Waals surface area contributed by atoms with Crippen molar-refractivity contribution in [2.24, 2.45) is 0 Å². The van der Waals surface area contributed by atoms with Gasteiger partial charge in [0.1, 0.15) is 6.42 Å². The summed E-state index contributed by atoms with van der Waals surface area (Å²) in [4.78, 5) is 14.7. The Morgan fingerprint density at radius 1 is 1.56 bits per heavy atom. The first-order valence-electron chi connectivity index (χ1n) is 4.52. The fourth-order valence-corrected chi connectivity index (χ4v) is 0.978. The zero-order valence-corrected chi connectivity index (χ0v) is 9.11. The maximum absolute atomic E-state index is 10.8. The van der Waals surface area contributed by atoms with Gasteiger partial charge >= 0.3 is 5.97 Å². The van der Waals surface area contributed by atoms with Crippen LogP contribution in [0.4, 0.5) is 5.82 Å². The summed E-state index contributed by atoms with van der Waals surface area (Å²) in [6.45, 7) is 0. The van der Waals surface area contributed by atoms with Gasteiger partial charge in [0.15, 0.2) is 11.6 Å². The van der Waals surface area contributed by atoms with Crippen molar-refractivity contribution in [2.75, 3.05) is 20.0 Å². The summed E-state index contributed by atoms with van der Waals surface area (Å²) in [5.74, 6) is 5.82. The zero-order chi connectivity index (χ0) is 12.0. The number of carbonyl (C=O) groups excluding carboxylic acids is 1. The number of esters is 1. The number of rotatable bonds is 2. The van der Waals surface area contributed by atoms with Crippen LogP contribution in [0.2, 0.25) is 0 Å². The molecule has 1 aromatic rings. The first-order valence-corrected chi connectivity index (χ1v) is 4.52. The Morgan fingerprint density at radius 2 is 2.31 bits per heavy atom. The molecule has 0 aliphatic carbocycles. The Labute approximate surface area is 93.6 Å². The third-order valence-electron chi connectivity index (χ3n) is 1.79. The Hall–Kier alpha value is -2.22. The fourth-order valence-electron chi connectivity index (χ4n) is 0.978. The first kappa shape index (κ1) is 11.9. The van der Waals surface area contributed by atoms with Crippen molar-refractivity contribution >= 4 is 11.8 Å². The molecule has 1 heterocycles. The van der Waals surface area contributed by atoms with Gasteiger partial charge in [-0.1, -0.05) is 11.8 Å². The van der Waals surface area contributed by atoms with Crippen LogP contribution in [0.15, 0.2) is 12.3 Å². The molecule has 0 amide bonds. The molecule has 0 aliphatic rings. The number of nitrogens with two attached hydrogens (primary N) is 1. The van der Waals surface area contributed by atoms with Gasteiger partial charge in [0, 0.05) is 17.8 Å². The van der Waals surface area contributed by atoms with E-state index in [-0.39, 0.29) is 12.4 Å². The second kappa shape index (κ2) is 5.61. The lowest BCUT2D eigenvalue weighted by Gasteiger charge is -2.02. The number of ether oxygens (including phenoxy) is 2. The van der Waals surface area contributed by atoms with E-state index >= 15 is 0 Å². The highest BCUT2D eigenvalue weighted by atomic mass is 16.5. The second-order valence-corrected chi connectivity index (χ2v) is 2.87. The molecule has 0 radical (unpaired) electrons. The van der Waals surface area contributed by atoms with E-state index in [1.165, 1.54) is 20.4 Å². The van der Waals surface area contributed by atoms with Crippen molar-refractivity contribution in [3.63, 3.8) is 0 Å². The molecule has 2 N–H and O–H groups in total. The maximum atomic E-state index is 10.8. The van der Waals surface area contributed by atoms with Gasteiger partial charge in [0.05, 0.1) is 14.2 Å². The van der Waals surface area contributed by atoms with Crippen molar-refractivity contribution in [1.29, 1.82) is 0 Å². The molecule has 0 spiro atoms. The zero-order valence-electron chi connectivity index (χ0n) is 9.11. The predicted octanol–water partition coefficient (Wildman–Crippen LogP) is 0.587. The van der Waals surface area contributed by atoms with Crippen LogP contribution in [0.5, 0.6) is 5.75 Å². The van der Waals surface area contributed by atoms with E-state index in [9.17, 15) is 4.79 Å². The van der Waals surface area contributed by atoms with E-state index < -0.39 is 0 Å². The number of methoxy groups -OCH3 is 2. The molecule has 0 bridgehead atoms. The summed E-state index contributed by atoms with van der Waals surface area (Å²) in [6, 6.07) is 1.66. The number of anilines is 1. The predicted molar refractivity (Wildman–Crippen MR) is 58.7 cm³/mol. The molecule has 0 fully saturated rings. The minimum Gasteiger partial charge on any atom is -0.493 e. The number of aromatic nitrogens is 1. The molecule has 0 saturated carbocycles. The smallest absolute Gasteiger partial charge is 0.317 e. The van der Waals surface area contributed by atoms with Crippen LogP contribution in [-0.4, -0.2) is 25.2 Å². The van der Waals surface area contributed by atoms with Gasteiger partial charge in [-0.15, -0.1) is 0 Å². The number of nitrogens with zero attached hydrogens (tertiary/aromatic N) is 1. The molecule has 0 aliphatic heterocycles. The standard InChI is InChI=1S/C11H12N2O3/c1-15-9-6-8(7-13-11(9)12)4-3-5-10(14)16-2/h6-7H,5H2,1-2H3,(H2,12,13). The Morgan fingerprint density at radius 3 is 2.94 bits per heavy atom. The van der Waals surface area contributed by atoms with Crippen molar-refractivity contribution < 1.29 is 14.3 Å². The highest BCUT2D eigenvalue weighted by Crippen LogP contribution is 2.18. The van der Waals surface area contributed by atoms with Gasteiger partial charge in [-0.05, 0) is 0 Å². The highest BCUT2D eigenvalue weighted by molar-refractivity contribution is 5.72. The van der Waals surface area contributed by atoms with Crippen LogP contribution < -0.4 is 10.5 Å². The molecular weight excluding hydrogens is 208 g/mol. The van der Waals surface area contributed by atoms with E-state index in [0.717, 1.165) is 0 Å². The number of pyridine rings is 1. The van der Waals surface area contributed by atoms with E-state index in [1.807, 2.05) is 0 Å². The molecule has 0 atom stereocenters. The normalized spacial score (nSPS) is 8.88. The molecule has 1 aromatic heterocycles. The lowest BCUT2D eigenvalue weighted by molar-refractivity contribution is -0.139. The van der Waals surface area contributed by atoms with Crippen molar-refractivity contribution in [2.45, 2.75) is 6.42 Å². The van der Waals surface area contributed by atoms with Crippen molar-refractivity contribution in [3.8, 4) is 17.6 Å². The lowest BCUT2D eigenvalue weighted by atomic mass is 10.2. The van der Waals surface area contributed by atoms with Gasteiger partial charge in [-0.2, -0.15) is 0 Å². The van der Waals surface area contributed by atoms with Crippen LogP contribution >= 0.6 is 0 Å². The van der Waals surface area contributed by atoms with Crippen molar-refractivity contribution in [3.05, 3.63) is 17.8 Å². The summed E-state index contributed by atoms with van der Waals surface area (Å²) in [5.41, 5.74) is 6.17. The first-order chi connectivity index (χ1) is 7.67. The third-order valence-corrected chi connectivity index (χ3v) is 1.79. The molecule has 0 aromatic carbocycles. The van der Waals surface area contributed by atoms with E-state index in [4.69, 9.17) is 10.5 Å². The van der Waals surface area contributed by atoms with Crippen LogP contribution in [0.1, 0.15) is 12.0 Å². The quantitative estimate of drug-likeness (QED) is 0.583. The van der Waals surface area contributed by atoms with Gasteiger partial charge in [0.25, 0.3) is 0 Å². The van der Waals surface area contributed by atoms with Crippen LogP contribution in [-0.2, 0) is 9.53 Å². The summed E-state index contributed by atoms with van der Waals surface area (Å²) in [6.07, 6.45) is 1.56. The minimum absolute atomic E-state index is 0.0448. The lowest BCUT2D eigenvalue weighted by Crippen LogP contribution is -1.97. The van der Waals surface area contributed by atoms with Gasteiger partial charge < -0.3 is 15.2 Å². The Balaban J connectivity index is 2.78. The molecule has 0 saturated heterocycles. The Kier molecular flexibility index (Phi) is 4.16. The van der Waals surface area contributed by atoms with Gasteiger partial charge in [-0.3, -0.25) is 4.79 Å². The third kappa shape index (κ3) is 3.17. The largest absolute Gasteiger partial charge is 0.493 e. The van der Waals surface area contributed by atoms with E-state index in [0.29, 0.717) is 17.1 Å². The highest BCUT2D eigenvalue weighted by Gasteiger charge is 2.00. The Bertz CT molecular complexity index is 446. The number of nitrogen functional groups attached to an aromatic ring is 1. The molecule has 5 nitrogen and oxygen atoms in total. The number of hydrogen-bond acceptors (Lipinski definition) is 5. The average molecular weight is 220 g/mol. The molecule has 84 valence electrons. The molecule has 0 unspecified atom stereocenters. The SMILES string of the molecule is COC(=O)CC#Cc1cnc(N)c(OC)c1. The minimum atomic E-state index is -0.372. The van der Waals surface area contributed by atoms with Crippen molar-refractivity contribution in [1.82, 2.24) is 4.98 Å².